The van der Waals surface area contributed by atoms with Crippen molar-refractivity contribution in [2.45, 2.75) is 25.8 Å². The van der Waals surface area contributed by atoms with Gasteiger partial charge in [-0.1, -0.05) is 11.6 Å². The number of carbonyl (C=O) groups is 1. The summed E-state index contributed by atoms with van der Waals surface area (Å²) in [6.45, 7) is 1.87. The Morgan fingerprint density at radius 2 is 2.17 bits per heavy atom. The molecular weight excluding hydrogens is 332 g/mol. The molecule has 1 saturated carbocycles. The van der Waals surface area contributed by atoms with Gasteiger partial charge in [0, 0.05) is 23.5 Å². The predicted molar refractivity (Wildman–Crippen MR) is 87.8 cm³/mol. The maximum absolute atomic E-state index is 12.5. The van der Waals surface area contributed by atoms with Gasteiger partial charge in [-0.25, -0.2) is 9.97 Å². The summed E-state index contributed by atoms with van der Waals surface area (Å²) in [5.41, 5.74) is 0.871. The Morgan fingerprint density at radius 3 is 2.75 bits per heavy atom. The maximum Gasteiger partial charge on any atom is 0.287 e. The molecule has 0 spiro atoms. The van der Waals surface area contributed by atoms with Gasteiger partial charge in [-0.2, -0.15) is 0 Å². The molecular formula is C16H15ClN4O3. The molecule has 1 atom stereocenters. The summed E-state index contributed by atoms with van der Waals surface area (Å²) in [4.78, 5) is 31.4. The van der Waals surface area contributed by atoms with Crippen LogP contribution in [0.3, 0.4) is 0 Å². The number of nitrogens with zero attached hydrogens (tertiary/aromatic N) is 3. The van der Waals surface area contributed by atoms with Crippen molar-refractivity contribution < 1.29 is 9.72 Å². The summed E-state index contributed by atoms with van der Waals surface area (Å²) in [5, 5.41) is 13.7. The smallest absolute Gasteiger partial charge is 0.287 e. The van der Waals surface area contributed by atoms with E-state index in [1.54, 1.807) is 12.3 Å². The minimum absolute atomic E-state index is 0.0672. The molecule has 7 nitrogen and oxygen atoms in total. The zero-order chi connectivity index (χ0) is 17.3. The first-order valence-corrected chi connectivity index (χ1v) is 7.88. The number of carbonyl (C=O) groups excluding carboxylic acids is 1. The van der Waals surface area contributed by atoms with E-state index in [9.17, 15) is 14.9 Å². The van der Waals surface area contributed by atoms with E-state index in [1.807, 2.05) is 6.92 Å². The molecule has 0 bridgehead atoms. The molecule has 0 unspecified atom stereocenters. The summed E-state index contributed by atoms with van der Waals surface area (Å²) in [6, 6.07) is 5.44. The summed E-state index contributed by atoms with van der Waals surface area (Å²) >= 11 is 5.87. The number of amides is 1. The van der Waals surface area contributed by atoms with E-state index in [1.165, 1.54) is 18.2 Å². The van der Waals surface area contributed by atoms with Gasteiger partial charge in [0.2, 0.25) is 0 Å². The molecule has 8 heteroatoms. The van der Waals surface area contributed by atoms with Crippen molar-refractivity contribution in [2.24, 2.45) is 5.92 Å². The Kier molecular flexibility index (Phi) is 4.44. The zero-order valence-electron chi connectivity index (χ0n) is 12.9. The number of nitro benzene ring substituents is 1. The van der Waals surface area contributed by atoms with Crippen LogP contribution >= 0.6 is 11.6 Å². The van der Waals surface area contributed by atoms with Gasteiger partial charge in [-0.3, -0.25) is 14.9 Å². The summed E-state index contributed by atoms with van der Waals surface area (Å²) in [7, 11) is 0. The molecule has 1 aromatic heterocycles. The lowest BCUT2D eigenvalue weighted by atomic mass is 10.1. The normalized spacial score (nSPS) is 14.9. The molecule has 2 aromatic rings. The van der Waals surface area contributed by atoms with Crippen molar-refractivity contribution in [1.82, 2.24) is 15.3 Å². The maximum atomic E-state index is 12.5. The molecule has 24 heavy (non-hydrogen) atoms. The second-order valence-electron chi connectivity index (χ2n) is 5.77. The molecule has 1 fully saturated rings. The number of nitrogens with one attached hydrogen (secondary N) is 1. The number of benzene rings is 1. The minimum atomic E-state index is -0.586. The van der Waals surface area contributed by atoms with Crippen LogP contribution in [0.2, 0.25) is 5.02 Å². The van der Waals surface area contributed by atoms with Crippen LogP contribution < -0.4 is 5.32 Å². The van der Waals surface area contributed by atoms with E-state index in [0.29, 0.717) is 11.7 Å². The average Bonchev–Trinajstić information content (AvgIpc) is 3.36. The first-order valence-electron chi connectivity index (χ1n) is 7.50. The number of halogens is 1. The van der Waals surface area contributed by atoms with Crippen LogP contribution in [0.25, 0.3) is 0 Å². The Balaban J connectivity index is 1.82. The van der Waals surface area contributed by atoms with Gasteiger partial charge < -0.3 is 5.32 Å². The topological polar surface area (TPSA) is 98.0 Å². The molecule has 0 aliphatic heterocycles. The van der Waals surface area contributed by atoms with Crippen LogP contribution in [-0.2, 0) is 0 Å². The van der Waals surface area contributed by atoms with Crippen LogP contribution in [-0.4, -0.2) is 20.8 Å². The van der Waals surface area contributed by atoms with Crippen molar-refractivity contribution in [1.29, 1.82) is 0 Å². The van der Waals surface area contributed by atoms with Gasteiger partial charge in [0.25, 0.3) is 11.6 Å². The van der Waals surface area contributed by atoms with Crippen LogP contribution in [0.1, 0.15) is 40.8 Å². The SMILES string of the molecule is Cc1ccnc([C@H](NC(=O)c2ccc([N+](=O)[O-])c(Cl)c2)C2CC2)n1. The molecule has 1 aliphatic rings. The lowest BCUT2D eigenvalue weighted by molar-refractivity contribution is -0.384. The first-order chi connectivity index (χ1) is 11.5. The monoisotopic (exact) mass is 346 g/mol. The molecule has 3 rings (SSSR count). The number of aryl methyl sites for hydroxylation is 1. The third-order valence-corrected chi connectivity index (χ3v) is 4.18. The number of rotatable bonds is 5. The van der Waals surface area contributed by atoms with Crippen LogP contribution in [0.15, 0.2) is 30.5 Å². The fourth-order valence-electron chi connectivity index (χ4n) is 2.46. The van der Waals surface area contributed by atoms with Gasteiger partial charge in [0.1, 0.15) is 5.02 Å². The standard InChI is InChI=1S/C16H15ClN4O3/c1-9-6-7-18-15(19-9)14(10-2-3-10)20-16(22)11-4-5-13(21(23)24)12(17)8-11/h4-8,10,14H,2-3H2,1H3,(H,20,22)/t14-/m1/s1. The lowest BCUT2D eigenvalue weighted by Crippen LogP contribution is -2.31. The van der Waals surface area contributed by atoms with E-state index in [0.717, 1.165) is 18.5 Å². The van der Waals surface area contributed by atoms with E-state index >= 15 is 0 Å². The average molecular weight is 347 g/mol. The summed E-state index contributed by atoms with van der Waals surface area (Å²) < 4.78 is 0. The molecule has 0 radical (unpaired) electrons. The minimum Gasteiger partial charge on any atom is -0.342 e. The fraction of sp³-hybridized carbons (Fsp3) is 0.312. The van der Waals surface area contributed by atoms with Crippen LogP contribution in [0.5, 0.6) is 0 Å². The van der Waals surface area contributed by atoms with Crippen LogP contribution in [0, 0.1) is 23.0 Å². The zero-order valence-corrected chi connectivity index (χ0v) is 13.7. The second kappa shape index (κ2) is 6.52. The highest BCUT2D eigenvalue weighted by Gasteiger charge is 2.35. The van der Waals surface area contributed by atoms with Gasteiger partial charge in [0.05, 0.1) is 11.0 Å². The number of nitro groups is 1. The highest BCUT2D eigenvalue weighted by Crippen LogP contribution is 2.40. The largest absolute Gasteiger partial charge is 0.342 e. The van der Waals surface area contributed by atoms with Gasteiger partial charge in [-0.05, 0) is 43.9 Å². The van der Waals surface area contributed by atoms with Gasteiger partial charge in [0.15, 0.2) is 5.82 Å². The van der Waals surface area contributed by atoms with E-state index in [4.69, 9.17) is 11.6 Å². The Labute approximate surface area is 143 Å². The van der Waals surface area contributed by atoms with Gasteiger partial charge >= 0.3 is 0 Å². The van der Waals surface area contributed by atoms with E-state index in [-0.39, 0.29) is 28.2 Å². The Bertz CT molecular complexity index is 808. The fourth-order valence-corrected chi connectivity index (χ4v) is 2.71. The third-order valence-electron chi connectivity index (χ3n) is 3.88. The number of hydrogen-bond acceptors (Lipinski definition) is 5. The predicted octanol–water partition coefficient (Wildman–Crippen LogP) is 3.23. The molecule has 1 aromatic carbocycles. The highest BCUT2D eigenvalue weighted by molar-refractivity contribution is 6.33. The Hall–Kier alpha value is -2.54. The summed E-state index contributed by atoms with van der Waals surface area (Å²) in [6.07, 6.45) is 3.68. The van der Waals surface area contributed by atoms with Crippen molar-refractivity contribution >= 4 is 23.2 Å². The second-order valence-corrected chi connectivity index (χ2v) is 6.18. The molecule has 1 aliphatic carbocycles. The van der Waals surface area contributed by atoms with Crippen LogP contribution in [0.4, 0.5) is 5.69 Å². The van der Waals surface area contributed by atoms with Crippen molar-refractivity contribution in [3.63, 3.8) is 0 Å². The molecule has 1 heterocycles. The quantitative estimate of drug-likeness (QED) is 0.662. The first kappa shape index (κ1) is 16.3. The summed E-state index contributed by atoms with van der Waals surface area (Å²) in [5.74, 6) is 0.539. The highest BCUT2D eigenvalue weighted by atomic mass is 35.5. The van der Waals surface area contributed by atoms with Gasteiger partial charge in [-0.15, -0.1) is 0 Å². The lowest BCUT2D eigenvalue weighted by Gasteiger charge is -2.17. The number of hydrogen-bond donors (Lipinski definition) is 1. The van der Waals surface area contributed by atoms with Crippen molar-refractivity contribution in [3.8, 4) is 0 Å². The molecule has 0 saturated heterocycles. The van der Waals surface area contributed by atoms with Crippen molar-refractivity contribution in [3.05, 3.63) is 62.7 Å². The van der Waals surface area contributed by atoms with Crippen molar-refractivity contribution in [2.75, 3.05) is 0 Å². The van der Waals surface area contributed by atoms with E-state index < -0.39 is 4.92 Å². The molecule has 1 amide bonds. The third kappa shape index (κ3) is 3.51. The number of aromatic nitrogens is 2. The molecule has 124 valence electrons. The molecule has 1 N–H and O–H groups in total. The Morgan fingerprint density at radius 1 is 1.42 bits per heavy atom. The van der Waals surface area contributed by atoms with E-state index in [2.05, 4.69) is 15.3 Å².